The Hall–Kier alpha value is -1.69. The summed E-state index contributed by atoms with van der Waals surface area (Å²) in [5.74, 6) is 0.714. The van der Waals surface area contributed by atoms with Gasteiger partial charge in [-0.15, -0.1) is 11.8 Å². The van der Waals surface area contributed by atoms with Crippen LogP contribution in [0.5, 0.6) is 0 Å². The van der Waals surface area contributed by atoms with Crippen molar-refractivity contribution in [3.8, 4) is 0 Å². The molecule has 2 aromatic carbocycles. The Morgan fingerprint density at radius 1 is 1.07 bits per heavy atom. The topological polar surface area (TPSA) is 49.4 Å². The van der Waals surface area contributed by atoms with Gasteiger partial charge in [0, 0.05) is 28.9 Å². The second-order valence-corrected chi connectivity index (χ2v) is 8.20. The first-order valence-corrected chi connectivity index (χ1v) is 11.0. The molecular formula is C21H24Cl2N2O2S. The van der Waals surface area contributed by atoms with Crippen LogP contribution < -0.4 is 5.32 Å². The summed E-state index contributed by atoms with van der Waals surface area (Å²) < 4.78 is 0. The highest BCUT2D eigenvalue weighted by Crippen LogP contribution is 2.19. The van der Waals surface area contributed by atoms with Gasteiger partial charge in [-0.3, -0.25) is 9.59 Å². The number of likely N-dealkylation sites (N-methyl/N-ethyl adjacent to an activating group) is 1. The van der Waals surface area contributed by atoms with Crippen LogP contribution in [0.3, 0.4) is 0 Å². The summed E-state index contributed by atoms with van der Waals surface area (Å²) in [6.45, 7) is 4.49. The van der Waals surface area contributed by atoms with Gasteiger partial charge in [0.15, 0.2) is 0 Å². The van der Waals surface area contributed by atoms with E-state index in [-0.39, 0.29) is 17.6 Å². The molecule has 0 heterocycles. The Bertz CT molecular complexity index is 799. The molecule has 1 unspecified atom stereocenters. The number of benzene rings is 2. The lowest BCUT2D eigenvalue weighted by atomic mass is 10.1. The van der Waals surface area contributed by atoms with Crippen LogP contribution in [-0.2, 0) is 21.9 Å². The van der Waals surface area contributed by atoms with Crippen LogP contribution in [0.25, 0.3) is 0 Å². The number of nitrogens with zero attached hydrogens (tertiary/aromatic N) is 1. The molecule has 0 saturated heterocycles. The Morgan fingerprint density at radius 3 is 2.43 bits per heavy atom. The molecule has 0 fully saturated rings. The van der Waals surface area contributed by atoms with Crippen LogP contribution in [0, 0.1) is 0 Å². The highest BCUT2D eigenvalue weighted by Gasteiger charge is 2.25. The first-order chi connectivity index (χ1) is 13.4. The Morgan fingerprint density at radius 2 is 1.79 bits per heavy atom. The fraction of sp³-hybridized carbons (Fsp3) is 0.333. The van der Waals surface area contributed by atoms with E-state index in [2.05, 4.69) is 5.32 Å². The van der Waals surface area contributed by atoms with Crippen molar-refractivity contribution in [1.82, 2.24) is 10.2 Å². The third kappa shape index (κ3) is 7.04. The molecule has 4 nitrogen and oxygen atoms in total. The van der Waals surface area contributed by atoms with E-state index in [4.69, 9.17) is 23.2 Å². The molecule has 2 amide bonds. The van der Waals surface area contributed by atoms with Gasteiger partial charge in [0.1, 0.15) is 6.04 Å². The van der Waals surface area contributed by atoms with Crippen LogP contribution in [0.2, 0.25) is 10.0 Å². The summed E-state index contributed by atoms with van der Waals surface area (Å²) in [5.41, 5.74) is 1.99. The Labute approximate surface area is 180 Å². The van der Waals surface area contributed by atoms with Gasteiger partial charge in [-0.25, -0.2) is 0 Å². The van der Waals surface area contributed by atoms with Crippen LogP contribution in [0.15, 0.2) is 48.5 Å². The summed E-state index contributed by atoms with van der Waals surface area (Å²) in [6, 6.07) is 14.3. The fourth-order valence-corrected chi connectivity index (χ4v) is 3.85. The van der Waals surface area contributed by atoms with E-state index >= 15 is 0 Å². The molecule has 1 N–H and O–H groups in total. The Kier molecular flexibility index (Phi) is 9.16. The first-order valence-electron chi connectivity index (χ1n) is 9.04. The molecule has 1 atom stereocenters. The van der Waals surface area contributed by atoms with Crippen molar-refractivity contribution in [2.75, 3.05) is 12.3 Å². The summed E-state index contributed by atoms with van der Waals surface area (Å²) in [4.78, 5) is 26.8. The first kappa shape index (κ1) is 22.6. The second-order valence-electron chi connectivity index (χ2n) is 6.34. The van der Waals surface area contributed by atoms with Gasteiger partial charge in [0.25, 0.3) is 0 Å². The highest BCUT2D eigenvalue weighted by atomic mass is 35.5. The van der Waals surface area contributed by atoms with Crippen molar-refractivity contribution >= 4 is 46.8 Å². The molecule has 0 bridgehead atoms. The van der Waals surface area contributed by atoms with Crippen molar-refractivity contribution in [3.05, 3.63) is 69.7 Å². The third-order valence-corrected chi connectivity index (χ3v) is 5.64. The molecule has 0 aliphatic carbocycles. The minimum absolute atomic E-state index is 0.0827. The fourth-order valence-electron chi connectivity index (χ4n) is 2.66. The van der Waals surface area contributed by atoms with E-state index in [0.29, 0.717) is 28.9 Å². The smallest absolute Gasteiger partial charge is 0.242 e. The van der Waals surface area contributed by atoms with Gasteiger partial charge in [0.2, 0.25) is 11.8 Å². The molecule has 2 aromatic rings. The maximum atomic E-state index is 12.9. The van der Waals surface area contributed by atoms with Gasteiger partial charge in [-0.05, 0) is 49.2 Å². The maximum Gasteiger partial charge on any atom is 0.242 e. The standard InChI is InChI=1S/C21H24Cl2N2O2S/c1-3-24-21(27)15(2)25(12-16-7-9-18(22)10-8-16)20(26)14-28-13-17-5-4-6-19(23)11-17/h4-11,15H,3,12-14H2,1-2H3,(H,24,27). The van der Waals surface area contributed by atoms with Crippen molar-refractivity contribution in [1.29, 1.82) is 0 Å². The molecule has 0 radical (unpaired) electrons. The second kappa shape index (κ2) is 11.3. The number of hydrogen-bond donors (Lipinski definition) is 1. The summed E-state index contributed by atoms with van der Waals surface area (Å²) >= 11 is 13.5. The summed E-state index contributed by atoms with van der Waals surface area (Å²) in [7, 11) is 0. The zero-order valence-electron chi connectivity index (χ0n) is 16.0. The Balaban J connectivity index is 2.04. The molecule has 2 rings (SSSR count). The maximum absolute atomic E-state index is 12.9. The lowest BCUT2D eigenvalue weighted by molar-refractivity contribution is -0.138. The van der Waals surface area contributed by atoms with E-state index in [1.54, 1.807) is 24.0 Å². The minimum Gasteiger partial charge on any atom is -0.355 e. The summed E-state index contributed by atoms with van der Waals surface area (Å²) in [6.07, 6.45) is 0. The lowest BCUT2D eigenvalue weighted by Gasteiger charge is -2.28. The molecule has 0 aromatic heterocycles. The van der Waals surface area contributed by atoms with Crippen LogP contribution in [0.4, 0.5) is 0 Å². The SMILES string of the molecule is CCNC(=O)C(C)N(Cc1ccc(Cl)cc1)C(=O)CSCc1cccc(Cl)c1. The molecule has 0 spiro atoms. The minimum atomic E-state index is -0.560. The average Bonchev–Trinajstić information content (AvgIpc) is 2.67. The molecular weight excluding hydrogens is 415 g/mol. The number of hydrogen-bond acceptors (Lipinski definition) is 3. The molecule has 7 heteroatoms. The molecule has 0 aliphatic heterocycles. The highest BCUT2D eigenvalue weighted by molar-refractivity contribution is 7.99. The van der Waals surface area contributed by atoms with Crippen LogP contribution in [-0.4, -0.2) is 35.1 Å². The van der Waals surface area contributed by atoms with Gasteiger partial charge in [0.05, 0.1) is 5.75 Å². The monoisotopic (exact) mass is 438 g/mol. The van der Waals surface area contributed by atoms with Crippen molar-refractivity contribution in [3.63, 3.8) is 0 Å². The van der Waals surface area contributed by atoms with Gasteiger partial charge in [-0.1, -0.05) is 47.5 Å². The molecule has 0 aliphatic rings. The van der Waals surface area contributed by atoms with Crippen LogP contribution >= 0.6 is 35.0 Å². The third-order valence-electron chi connectivity index (χ3n) is 4.17. The largest absolute Gasteiger partial charge is 0.355 e. The van der Waals surface area contributed by atoms with Crippen molar-refractivity contribution in [2.45, 2.75) is 32.2 Å². The lowest BCUT2D eigenvalue weighted by Crippen LogP contribution is -2.48. The van der Waals surface area contributed by atoms with Gasteiger partial charge >= 0.3 is 0 Å². The number of halogens is 2. The van der Waals surface area contributed by atoms with Crippen molar-refractivity contribution in [2.24, 2.45) is 0 Å². The normalized spacial score (nSPS) is 11.7. The number of carbonyl (C=O) groups excluding carboxylic acids is 2. The predicted molar refractivity (Wildman–Crippen MR) is 118 cm³/mol. The number of rotatable bonds is 9. The number of amides is 2. The summed E-state index contributed by atoms with van der Waals surface area (Å²) in [5, 5.41) is 4.10. The van der Waals surface area contributed by atoms with E-state index in [1.165, 1.54) is 11.8 Å². The zero-order valence-corrected chi connectivity index (χ0v) is 18.3. The molecule has 0 saturated carbocycles. The average molecular weight is 439 g/mol. The van der Waals surface area contributed by atoms with Crippen molar-refractivity contribution < 1.29 is 9.59 Å². The van der Waals surface area contributed by atoms with E-state index in [9.17, 15) is 9.59 Å². The van der Waals surface area contributed by atoms with E-state index in [0.717, 1.165) is 11.1 Å². The van der Waals surface area contributed by atoms with Gasteiger partial charge < -0.3 is 10.2 Å². The van der Waals surface area contributed by atoms with E-state index in [1.807, 2.05) is 43.3 Å². The van der Waals surface area contributed by atoms with Crippen LogP contribution in [0.1, 0.15) is 25.0 Å². The zero-order chi connectivity index (χ0) is 20.5. The predicted octanol–water partition coefficient (Wildman–Crippen LogP) is 4.78. The quantitative estimate of drug-likeness (QED) is 0.612. The number of nitrogens with one attached hydrogen (secondary N) is 1. The van der Waals surface area contributed by atoms with Gasteiger partial charge in [-0.2, -0.15) is 0 Å². The number of carbonyl (C=O) groups is 2. The van der Waals surface area contributed by atoms with E-state index < -0.39 is 6.04 Å². The molecule has 150 valence electrons. The number of thioether (sulfide) groups is 1. The molecule has 28 heavy (non-hydrogen) atoms.